The van der Waals surface area contributed by atoms with Gasteiger partial charge in [-0.3, -0.25) is 4.79 Å². The van der Waals surface area contributed by atoms with Crippen molar-refractivity contribution in [2.75, 3.05) is 18.4 Å². The molecular formula is C19H18FN3O3S. The largest absolute Gasteiger partial charge is 0.342 e. The number of rotatable bonds is 2. The van der Waals surface area contributed by atoms with Gasteiger partial charge in [-0.25, -0.2) is 4.39 Å². The van der Waals surface area contributed by atoms with E-state index in [-0.39, 0.29) is 16.7 Å². The van der Waals surface area contributed by atoms with E-state index in [0.717, 1.165) is 12.8 Å². The summed E-state index contributed by atoms with van der Waals surface area (Å²) in [4.78, 5) is 14.5. The quantitative estimate of drug-likeness (QED) is 0.859. The molecule has 6 nitrogen and oxygen atoms in total. The third-order valence-electron chi connectivity index (χ3n) is 4.83. The SMILES string of the molecule is O=C(c1ccc(F)cc1)N1CCC[C@H](C2=NS(=O)(=O)c3ccccc3N2)C1. The topological polar surface area (TPSA) is 78.8 Å². The molecule has 140 valence electrons. The molecule has 1 N–H and O–H groups in total. The summed E-state index contributed by atoms with van der Waals surface area (Å²) < 4.78 is 41.9. The van der Waals surface area contributed by atoms with Crippen molar-refractivity contribution >= 4 is 27.5 Å². The second kappa shape index (κ2) is 6.77. The molecule has 2 aliphatic heterocycles. The van der Waals surface area contributed by atoms with E-state index in [9.17, 15) is 17.6 Å². The Morgan fingerprint density at radius 1 is 1.15 bits per heavy atom. The highest BCUT2D eigenvalue weighted by Crippen LogP contribution is 2.30. The number of amides is 1. The van der Waals surface area contributed by atoms with Crippen molar-refractivity contribution in [3.63, 3.8) is 0 Å². The zero-order chi connectivity index (χ0) is 19.0. The van der Waals surface area contributed by atoms with Crippen molar-refractivity contribution in [1.29, 1.82) is 0 Å². The molecule has 1 atom stereocenters. The lowest BCUT2D eigenvalue weighted by atomic mass is 9.96. The minimum atomic E-state index is -3.75. The molecule has 0 saturated carbocycles. The maximum Gasteiger partial charge on any atom is 0.286 e. The lowest BCUT2D eigenvalue weighted by molar-refractivity contribution is 0.0703. The molecule has 0 unspecified atom stereocenters. The third-order valence-corrected chi connectivity index (χ3v) is 6.18. The fourth-order valence-electron chi connectivity index (χ4n) is 3.47. The maximum absolute atomic E-state index is 13.1. The number of benzene rings is 2. The van der Waals surface area contributed by atoms with E-state index in [1.54, 1.807) is 23.1 Å². The molecule has 0 aromatic heterocycles. The Morgan fingerprint density at radius 2 is 1.89 bits per heavy atom. The maximum atomic E-state index is 13.1. The summed E-state index contributed by atoms with van der Waals surface area (Å²) in [6.45, 7) is 0.934. The third kappa shape index (κ3) is 3.44. The number of piperidine rings is 1. The van der Waals surface area contributed by atoms with Gasteiger partial charge in [0, 0.05) is 24.6 Å². The van der Waals surface area contributed by atoms with Crippen molar-refractivity contribution in [1.82, 2.24) is 4.90 Å². The first-order valence-corrected chi connectivity index (χ1v) is 10.1. The van der Waals surface area contributed by atoms with E-state index >= 15 is 0 Å². The van der Waals surface area contributed by atoms with E-state index in [4.69, 9.17) is 0 Å². The van der Waals surface area contributed by atoms with E-state index in [1.807, 2.05) is 0 Å². The fourth-order valence-corrected chi connectivity index (χ4v) is 4.67. The van der Waals surface area contributed by atoms with E-state index < -0.39 is 15.8 Å². The van der Waals surface area contributed by atoms with Gasteiger partial charge in [-0.2, -0.15) is 8.42 Å². The number of para-hydroxylation sites is 1. The lowest BCUT2D eigenvalue weighted by Gasteiger charge is -2.34. The number of amidine groups is 1. The highest BCUT2D eigenvalue weighted by Gasteiger charge is 2.32. The van der Waals surface area contributed by atoms with Crippen LogP contribution in [0, 0.1) is 11.7 Å². The number of hydrogen-bond acceptors (Lipinski definition) is 4. The van der Waals surface area contributed by atoms with Gasteiger partial charge in [0.05, 0.1) is 5.69 Å². The Labute approximate surface area is 156 Å². The molecule has 8 heteroatoms. The van der Waals surface area contributed by atoms with Crippen molar-refractivity contribution in [2.45, 2.75) is 17.7 Å². The summed E-state index contributed by atoms with van der Waals surface area (Å²) in [6, 6.07) is 12.1. The van der Waals surface area contributed by atoms with E-state index in [1.165, 1.54) is 30.3 Å². The number of anilines is 1. The normalized spacial score (nSPS) is 21.0. The minimum absolute atomic E-state index is 0.156. The fraction of sp³-hybridized carbons (Fsp3) is 0.263. The van der Waals surface area contributed by atoms with Gasteiger partial charge in [-0.15, -0.1) is 4.40 Å². The van der Waals surface area contributed by atoms with Crippen LogP contribution in [0.15, 0.2) is 57.8 Å². The van der Waals surface area contributed by atoms with Crippen LogP contribution in [0.25, 0.3) is 0 Å². The van der Waals surface area contributed by atoms with E-state index in [2.05, 4.69) is 9.71 Å². The minimum Gasteiger partial charge on any atom is -0.342 e. The second-order valence-electron chi connectivity index (χ2n) is 6.67. The number of carbonyl (C=O) groups is 1. The van der Waals surface area contributed by atoms with Crippen LogP contribution < -0.4 is 5.32 Å². The van der Waals surface area contributed by atoms with Crippen molar-refractivity contribution < 1.29 is 17.6 Å². The van der Waals surface area contributed by atoms with Gasteiger partial charge in [0.2, 0.25) is 0 Å². The highest BCUT2D eigenvalue weighted by atomic mass is 32.2. The molecule has 1 amide bonds. The van der Waals surface area contributed by atoms with Crippen molar-refractivity contribution in [2.24, 2.45) is 10.3 Å². The zero-order valence-corrected chi connectivity index (χ0v) is 15.2. The van der Waals surface area contributed by atoms with Gasteiger partial charge in [-0.1, -0.05) is 12.1 Å². The van der Waals surface area contributed by atoms with Crippen LogP contribution in [-0.4, -0.2) is 38.2 Å². The van der Waals surface area contributed by atoms with E-state index in [0.29, 0.717) is 30.2 Å². The molecule has 2 aromatic carbocycles. The monoisotopic (exact) mass is 387 g/mol. The number of fused-ring (bicyclic) bond motifs is 1. The second-order valence-corrected chi connectivity index (χ2v) is 8.24. The number of carbonyl (C=O) groups excluding carboxylic acids is 1. The highest BCUT2D eigenvalue weighted by molar-refractivity contribution is 7.90. The van der Waals surface area contributed by atoms with Crippen LogP contribution in [0.5, 0.6) is 0 Å². The summed E-state index contributed by atoms with van der Waals surface area (Å²) in [5.74, 6) is -0.427. The number of nitrogens with zero attached hydrogens (tertiary/aromatic N) is 2. The molecule has 27 heavy (non-hydrogen) atoms. The Morgan fingerprint density at radius 3 is 2.67 bits per heavy atom. The molecule has 0 bridgehead atoms. The Bertz CT molecular complexity index is 1020. The van der Waals surface area contributed by atoms with Gasteiger partial charge in [-0.05, 0) is 49.2 Å². The standard InChI is InChI=1S/C19H18FN3O3S/c20-15-9-7-13(8-10-15)19(24)23-11-3-4-14(12-23)18-21-16-5-1-2-6-17(16)27(25,26)22-18/h1-2,5-10,14H,3-4,11-12H2,(H,21,22)/t14-/m0/s1. The Balaban J connectivity index is 1.56. The number of nitrogens with one attached hydrogen (secondary N) is 1. The molecule has 2 aliphatic rings. The zero-order valence-electron chi connectivity index (χ0n) is 14.4. The first-order valence-electron chi connectivity index (χ1n) is 8.70. The van der Waals surface area contributed by atoms with Crippen molar-refractivity contribution in [3.8, 4) is 0 Å². The van der Waals surface area contributed by atoms with Gasteiger partial charge >= 0.3 is 0 Å². The summed E-state index contributed by atoms with van der Waals surface area (Å²) >= 11 is 0. The first-order chi connectivity index (χ1) is 12.9. The summed E-state index contributed by atoms with van der Waals surface area (Å²) in [5, 5.41) is 3.11. The van der Waals surface area contributed by atoms with Crippen LogP contribution in [0.3, 0.4) is 0 Å². The van der Waals surface area contributed by atoms with Crippen LogP contribution in [0.1, 0.15) is 23.2 Å². The van der Waals surface area contributed by atoms with Crippen LogP contribution >= 0.6 is 0 Å². The molecule has 0 aliphatic carbocycles. The molecule has 2 heterocycles. The first kappa shape index (κ1) is 17.7. The van der Waals surface area contributed by atoms with Crippen molar-refractivity contribution in [3.05, 3.63) is 59.9 Å². The summed E-state index contributed by atoms with van der Waals surface area (Å²) in [7, 11) is -3.75. The van der Waals surface area contributed by atoms with Gasteiger partial charge in [0.25, 0.3) is 15.9 Å². The molecule has 0 radical (unpaired) electrons. The molecule has 1 saturated heterocycles. The molecule has 4 rings (SSSR count). The average Bonchev–Trinajstić information content (AvgIpc) is 2.68. The molecule has 2 aromatic rings. The lowest BCUT2D eigenvalue weighted by Crippen LogP contribution is -2.44. The van der Waals surface area contributed by atoms with Crippen LogP contribution in [0.2, 0.25) is 0 Å². The predicted molar refractivity (Wildman–Crippen MR) is 99.7 cm³/mol. The number of halogens is 1. The molecule has 0 spiro atoms. The summed E-state index contributed by atoms with van der Waals surface area (Å²) in [6.07, 6.45) is 1.47. The average molecular weight is 387 g/mol. The summed E-state index contributed by atoms with van der Waals surface area (Å²) in [5.41, 5.74) is 0.915. The Hall–Kier alpha value is -2.74. The van der Waals surface area contributed by atoms with Gasteiger partial charge in [0.15, 0.2) is 0 Å². The van der Waals surface area contributed by atoms with Crippen LogP contribution in [0.4, 0.5) is 10.1 Å². The number of hydrogen-bond donors (Lipinski definition) is 1. The number of likely N-dealkylation sites (tertiary alicyclic amines) is 1. The molecular weight excluding hydrogens is 369 g/mol. The van der Waals surface area contributed by atoms with Gasteiger partial charge in [0.1, 0.15) is 16.5 Å². The Kier molecular flexibility index (Phi) is 4.43. The smallest absolute Gasteiger partial charge is 0.286 e. The number of sulfonamides is 1. The van der Waals surface area contributed by atoms with Gasteiger partial charge < -0.3 is 10.2 Å². The van der Waals surface area contributed by atoms with Crippen LogP contribution in [-0.2, 0) is 10.0 Å². The molecule has 1 fully saturated rings. The predicted octanol–water partition coefficient (Wildman–Crippen LogP) is 2.89.